The van der Waals surface area contributed by atoms with Crippen molar-refractivity contribution in [3.8, 4) is 5.75 Å². The van der Waals surface area contributed by atoms with Gasteiger partial charge in [-0.3, -0.25) is 4.79 Å². The average Bonchev–Trinajstić information content (AvgIpc) is 2.95. The average molecular weight is 259 g/mol. The standard InChI is InChI=1S/C12H9N3O2S/c1-17-9-4-2-8(3-5-9)6-10-11(16)15-12(18-10)13-7-14-15/h2-7H,1H3/b10-6+. The minimum atomic E-state index is -0.136. The Bertz CT molecular complexity index is 789. The van der Waals surface area contributed by atoms with Gasteiger partial charge in [0.15, 0.2) is 0 Å². The van der Waals surface area contributed by atoms with Gasteiger partial charge in [-0.2, -0.15) is 9.61 Å². The SMILES string of the molecule is COc1ccc(/C=c2/sc3ncnn3c2=O)cc1. The smallest absolute Gasteiger partial charge is 0.291 e. The van der Waals surface area contributed by atoms with Crippen molar-refractivity contribution in [2.75, 3.05) is 7.11 Å². The lowest BCUT2D eigenvalue weighted by molar-refractivity contribution is 0.415. The first kappa shape index (κ1) is 10.9. The number of nitrogens with zero attached hydrogens (tertiary/aromatic N) is 3. The molecule has 2 aromatic heterocycles. The number of thiazole rings is 1. The summed E-state index contributed by atoms with van der Waals surface area (Å²) in [4.78, 5) is 16.5. The predicted octanol–water partition coefficient (Wildman–Crippen LogP) is 0.707. The van der Waals surface area contributed by atoms with Gasteiger partial charge < -0.3 is 4.74 Å². The Morgan fingerprint density at radius 2 is 2.11 bits per heavy atom. The molecule has 0 amide bonds. The van der Waals surface area contributed by atoms with Crippen LogP contribution in [0.3, 0.4) is 0 Å². The normalized spacial score (nSPS) is 12.2. The third-order valence-electron chi connectivity index (χ3n) is 2.53. The van der Waals surface area contributed by atoms with E-state index in [-0.39, 0.29) is 5.56 Å². The Labute approximate surface area is 106 Å². The molecule has 5 nitrogen and oxygen atoms in total. The van der Waals surface area contributed by atoms with Crippen molar-refractivity contribution in [3.05, 3.63) is 51.0 Å². The molecule has 0 atom stereocenters. The fourth-order valence-corrected chi connectivity index (χ4v) is 2.51. The van der Waals surface area contributed by atoms with E-state index in [1.165, 1.54) is 22.2 Å². The van der Waals surface area contributed by atoms with E-state index in [1.807, 2.05) is 30.3 Å². The van der Waals surface area contributed by atoms with Gasteiger partial charge >= 0.3 is 0 Å². The number of rotatable bonds is 2. The highest BCUT2D eigenvalue weighted by Crippen LogP contribution is 2.11. The molecule has 0 bridgehead atoms. The summed E-state index contributed by atoms with van der Waals surface area (Å²) in [7, 11) is 1.62. The van der Waals surface area contributed by atoms with E-state index in [2.05, 4.69) is 10.1 Å². The molecule has 3 rings (SSSR count). The van der Waals surface area contributed by atoms with Gasteiger partial charge in [-0.25, -0.2) is 4.98 Å². The molecule has 0 saturated carbocycles. The van der Waals surface area contributed by atoms with Crippen LogP contribution in [0.4, 0.5) is 0 Å². The Morgan fingerprint density at radius 1 is 1.33 bits per heavy atom. The maximum absolute atomic E-state index is 11.9. The van der Waals surface area contributed by atoms with Crippen molar-refractivity contribution in [1.29, 1.82) is 0 Å². The second-order valence-corrected chi connectivity index (χ2v) is 4.65. The molecule has 2 heterocycles. The monoisotopic (exact) mass is 259 g/mol. The van der Waals surface area contributed by atoms with Crippen molar-refractivity contribution >= 4 is 22.4 Å². The van der Waals surface area contributed by atoms with Crippen LogP contribution in [-0.4, -0.2) is 21.7 Å². The molecule has 6 heteroatoms. The van der Waals surface area contributed by atoms with Gasteiger partial charge in [0, 0.05) is 0 Å². The first-order valence-electron chi connectivity index (χ1n) is 5.26. The molecule has 0 aliphatic rings. The summed E-state index contributed by atoms with van der Waals surface area (Å²) in [5.41, 5.74) is 0.806. The van der Waals surface area contributed by atoms with Crippen molar-refractivity contribution in [1.82, 2.24) is 14.6 Å². The number of hydrogen-bond acceptors (Lipinski definition) is 5. The molecule has 0 spiro atoms. The molecule has 0 unspecified atom stereocenters. The van der Waals surface area contributed by atoms with Gasteiger partial charge in [0.1, 0.15) is 12.1 Å². The van der Waals surface area contributed by atoms with E-state index in [4.69, 9.17) is 4.74 Å². The quantitative estimate of drug-likeness (QED) is 0.680. The van der Waals surface area contributed by atoms with Gasteiger partial charge in [-0.15, -0.1) is 0 Å². The third kappa shape index (κ3) is 1.76. The van der Waals surface area contributed by atoms with E-state index in [9.17, 15) is 4.79 Å². The Morgan fingerprint density at radius 3 is 2.78 bits per heavy atom. The maximum Gasteiger partial charge on any atom is 0.291 e. The largest absolute Gasteiger partial charge is 0.497 e. The minimum absolute atomic E-state index is 0.136. The highest BCUT2D eigenvalue weighted by atomic mass is 32.1. The molecule has 0 fully saturated rings. The molecule has 3 aromatic rings. The zero-order valence-electron chi connectivity index (χ0n) is 9.53. The van der Waals surface area contributed by atoms with E-state index in [1.54, 1.807) is 7.11 Å². The zero-order chi connectivity index (χ0) is 12.5. The summed E-state index contributed by atoms with van der Waals surface area (Å²) in [5.74, 6) is 0.789. The van der Waals surface area contributed by atoms with Crippen LogP contribution in [0.15, 0.2) is 35.4 Å². The van der Waals surface area contributed by atoms with Crippen LogP contribution in [0.5, 0.6) is 5.75 Å². The third-order valence-corrected chi connectivity index (χ3v) is 3.51. The highest BCUT2D eigenvalue weighted by molar-refractivity contribution is 7.15. The summed E-state index contributed by atoms with van der Waals surface area (Å²) in [6.07, 6.45) is 3.20. The predicted molar refractivity (Wildman–Crippen MR) is 68.9 cm³/mol. The molecule has 1 aromatic carbocycles. The van der Waals surface area contributed by atoms with Crippen molar-refractivity contribution in [2.24, 2.45) is 0 Å². The molecule has 0 saturated heterocycles. The summed E-state index contributed by atoms with van der Waals surface area (Å²) < 4.78 is 7.01. The van der Waals surface area contributed by atoms with Gasteiger partial charge in [-0.1, -0.05) is 23.5 Å². The van der Waals surface area contributed by atoms with Gasteiger partial charge in [0.2, 0.25) is 4.96 Å². The maximum atomic E-state index is 11.9. The van der Waals surface area contributed by atoms with Crippen molar-refractivity contribution in [3.63, 3.8) is 0 Å². The van der Waals surface area contributed by atoms with Gasteiger partial charge in [-0.05, 0) is 23.8 Å². The summed E-state index contributed by atoms with van der Waals surface area (Å²) in [5, 5.41) is 3.87. The second kappa shape index (κ2) is 4.23. The highest BCUT2D eigenvalue weighted by Gasteiger charge is 2.04. The topological polar surface area (TPSA) is 56.5 Å². The number of methoxy groups -OCH3 is 1. The van der Waals surface area contributed by atoms with E-state index in [0.717, 1.165) is 11.3 Å². The Hall–Kier alpha value is -2.21. The molecular formula is C12H9N3O2S. The van der Waals surface area contributed by atoms with Crippen LogP contribution < -0.4 is 14.8 Å². The van der Waals surface area contributed by atoms with Crippen LogP contribution in [0.2, 0.25) is 0 Å². The molecule has 0 radical (unpaired) electrons. The van der Waals surface area contributed by atoms with Crippen LogP contribution in [0.25, 0.3) is 11.0 Å². The lowest BCUT2D eigenvalue weighted by Crippen LogP contribution is -2.23. The molecule has 18 heavy (non-hydrogen) atoms. The minimum Gasteiger partial charge on any atom is -0.497 e. The van der Waals surface area contributed by atoms with Crippen molar-refractivity contribution < 1.29 is 4.74 Å². The summed E-state index contributed by atoms with van der Waals surface area (Å²) in [6, 6.07) is 7.50. The van der Waals surface area contributed by atoms with Crippen LogP contribution in [-0.2, 0) is 0 Å². The van der Waals surface area contributed by atoms with E-state index < -0.39 is 0 Å². The van der Waals surface area contributed by atoms with E-state index in [0.29, 0.717) is 9.49 Å². The second-order valence-electron chi connectivity index (χ2n) is 3.64. The number of ether oxygens (including phenoxy) is 1. The lowest BCUT2D eigenvalue weighted by Gasteiger charge is -1.98. The Balaban J connectivity index is 2.12. The Kier molecular flexibility index (Phi) is 2.56. The zero-order valence-corrected chi connectivity index (χ0v) is 10.3. The molecule has 0 aliphatic carbocycles. The molecule has 90 valence electrons. The summed E-state index contributed by atoms with van der Waals surface area (Å²) in [6.45, 7) is 0. The molecular weight excluding hydrogens is 250 g/mol. The number of aromatic nitrogens is 3. The molecule has 0 N–H and O–H groups in total. The number of fused-ring (bicyclic) bond motifs is 1. The fourth-order valence-electron chi connectivity index (χ4n) is 1.63. The van der Waals surface area contributed by atoms with Crippen molar-refractivity contribution in [2.45, 2.75) is 0 Å². The number of benzene rings is 1. The van der Waals surface area contributed by atoms with E-state index >= 15 is 0 Å². The first-order chi connectivity index (χ1) is 8.78. The lowest BCUT2D eigenvalue weighted by atomic mass is 10.2. The van der Waals surface area contributed by atoms with Crippen LogP contribution >= 0.6 is 11.3 Å². The summed E-state index contributed by atoms with van der Waals surface area (Å²) >= 11 is 1.33. The first-order valence-corrected chi connectivity index (χ1v) is 6.08. The number of hydrogen-bond donors (Lipinski definition) is 0. The van der Waals surface area contributed by atoms with Gasteiger partial charge in [0.25, 0.3) is 5.56 Å². The van der Waals surface area contributed by atoms with Gasteiger partial charge in [0.05, 0.1) is 11.6 Å². The van der Waals surface area contributed by atoms with Crippen LogP contribution in [0.1, 0.15) is 5.56 Å². The fraction of sp³-hybridized carbons (Fsp3) is 0.0833. The van der Waals surface area contributed by atoms with Crippen LogP contribution in [0, 0.1) is 0 Å². The molecule has 0 aliphatic heterocycles.